The first-order valence-corrected chi connectivity index (χ1v) is 10.8. The van der Waals surface area contributed by atoms with Gasteiger partial charge in [-0.3, -0.25) is 0 Å². The maximum Gasteiger partial charge on any atom is 0.417 e. The monoisotopic (exact) mass is 453 g/mol. The van der Waals surface area contributed by atoms with Gasteiger partial charge in [0.25, 0.3) is 0 Å². The maximum atomic E-state index is 12.8. The fourth-order valence-electron chi connectivity index (χ4n) is 3.14. The highest BCUT2D eigenvalue weighted by Gasteiger charge is 2.31. The molecule has 1 aliphatic rings. The van der Waals surface area contributed by atoms with Gasteiger partial charge in [0, 0.05) is 37.3 Å². The topological polar surface area (TPSA) is 45.7 Å². The number of carbonyl (C=O) groups excluding carboxylic acids is 1. The average molecular weight is 454 g/mol. The molecule has 0 radical (unpaired) electrons. The zero-order valence-electron chi connectivity index (χ0n) is 18.0. The van der Waals surface area contributed by atoms with Crippen molar-refractivity contribution in [1.29, 1.82) is 0 Å². The van der Waals surface area contributed by atoms with Crippen LogP contribution in [0.15, 0.2) is 46.5 Å². The Bertz CT molecular complexity index is 919. The molecule has 1 aliphatic heterocycles. The van der Waals surface area contributed by atoms with Gasteiger partial charge >= 0.3 is 12.3 Å². The van der Waals surface area contributed by atoms with E-state index in [1.807, 2.05) is 45.9 Å². The van der Waals surface area contributed by atoms with Crippen LogP contribution in [-0.4, -0.2) is 47.8 Å². The summed E-state index contributed by atoms with van der Waals surface area (Å²) in [5, 5.41) is 0.493. The van der Waals surface area contributed by atoms with Gasteiger partial charge in [-0.15, -0.1) is 0 Å². The Hall–Kier alpha value is -2.42. The quantitative estimate of drug-likeness (QED) is 0.604. The van der Waals surface area contributed by atoms with Crippen LogP contribution in [0, 0.1) is 6.92 Å². The van der Waals surface area contributed by atoms with Crippen molar-refractivity contribution in [3.05, 3.63) is 47.7 Å². The highest BCUT2D eigenvalue weighted by molar-refractivity contribution is 7.99. The number of amides is 1. The third kappa shape index (κ3) is 6.29. The summed E-state index contributed by atoms with van der Waals surface area (Å²) in [5.41, 5.74) is 0.718. The van der Waals surface area contributed by atoms with Crippen LogP contribution in [0.4, 0.5) is 23.7 Å². The zero-order valence-corrected chi connectivity index (χ0v) is 18.8. The van der Waals surface area contributed by atoms with Gasteiger partial charge in [-0.25, -0.2) is 9.78 Å². The van der Waals surface area contributed by atoms with E-state index in [2.05, 4.69) is 9.88 Å². The zero-order chi connectivity index (χ0) is 22.8. The van der Waals surface area contributed by atoms with Crippen molar-refractivity contribution in [2.24, 2.45) is 0 Å². The number of aromatic nitrogens is 1. The summed E-state index contributed by atoms with van der Waals surface area (Å²) in [6.45, 7) is 9.82. The number of anilines is 1. The Kier molecular flexibility index (Phi) is 6.73. The molecule has 1 fully saturated rings. The van der Waals surface area contributed by atoms with Crippen molar-refractivity contribution < 1.29 is 22.7 Å². The number of hydrogen-bond acceptors (Lipinski definition) is 5. The minimum Gasteiger partial charge on any atom is -0.444 e. The Balaban J connectivity index is 1.72. The van der Waals surface area contributed by atoms with E-state index >= 15 is 0 Å². The SMILES string of the molecule is Cc1ccc(N2CCN(C(=O)OC(C)(C)C)CC2)c(Sc2ccc(C(F)(F)F)cn2)c1. The lowest BCUT2D eigenvalue weighted by Crippen LogP contribution is -2.50. The molecule has 168 valence electrons. The molecule has 1 saturated heterocycles. The highest BCUT2D eigenvalue weighted by Crippen LogP contribution is 2.37. The number of halogens is 3. The minimum absolute atomic E-state index is 0.320. The Morgan fingerprint density at radius 3 is 2.29 bits per heavy atom. The van der Waals surface area contributed by atoms with Gasteiger partial charge in [-0.2, -0.15) is 13.2 Å². The van der Waals surface area contributed by atoms with Crippen LogP contribution < -0.4 is 4.90 Å². The number of ether oxygens (including phenoxy) is 1. The van der Waals surface area contributed by atoms with E-state index in [4.69, 9.17) is 4.74 Å². The molecule has 5 nitrogen and oxygen atoms in total. The molecule has 0 atom stereocenters. The van der Waals surface area contributed by atoms with Crippen LogP contribution in [0.25, 0.3) is 0 Å². The van der Waals surface area contributed by atoms with E-state index in [-0.39, 0.29) is 6.09 Å². The smallest absolute Gasteiger partial charge is 0.417 e. The van der Waals surface area contributed by atoms with Crippen LogP contribution in [0.2, 0.25) is 0 Å². The first-order chi connectivity index (χ1) is 14.4. The van der Waals surface area contributed by atoms with Gasteiger partial charge in [0.2, 0.25) is 0 Å². The van der Waals surface area contributed by atoms with Crippen molar-refractivity contribution in [2.45, 2.75) is 49.4 Å². The van der Waals surface area contributed by atoms with Crippen LogP contribution in [-0.2, 0) is 10.9 Å². The summed E-state index contributed by atoms with van der Waals surface area (Å²) in [6.07, 6.45) is -3.87. The molecule has 0 spiro atoms. The lowest BCUT2D eigenvalue weighted by Gasteiger charge is -2.37. The molecule has 0 bridgehead atoms. The number of nitrogens with zero attached hydrogens (tertiary/aromatic N) is 3. The fourth-order valence-corrected chi connectivity index (χ4v) is 4.16. The van der Waals surface area contributed by atoms with E-state index in [0.29, 0.717) is 31.2 Å². The number of carbonyl (C=O) groups is 1. The highest BCUT2D eigenvalue weighted by atomic mass is 32.2. The van der Waals surface area contributed by atoms with Gasteiger partial charge < -0.3 is 14.5 Å². The summed E-state index contributed by atoms with van der Waals surface area (Å²) in [5.74, 6) is 0. The number of rotatable bonds is 3. The molecule has 0 N–H and O–H groups in total. The van der Waals surface area contributed by atoms with E-state index in [1.54, 1.807) is 4.90 Å². The van der Waals surface area contributed by atoms with Crippen LogP contribution >= 0.6 is 11.8 Å². The average Bonchev–Trinajstić information content (AvgIpc) is 2.67. The molecule has 2 aromatic rings. The van der Waals surface area contributed by atoms with E-state index in [1.165, 1.54) is 17.8 Å². The van der Waals surface area contributed by atoms with Crippen molar-refractivity contribution >= 4 is 23.5 Å². The molecule has 1 aromatic heterocycles. The number of aryl methyl sites for hydroxylation is 1. The third-order valence-corrected chi connectivity index (χ3v) is 5.66. The molecule has 3 rings (SSSR count). The van der Waals surface area contributed by atoms with E-state index in [9.17, 15) is 18.0 Å². The fraction of sp³-hybridized carbons (Fsp3) is 0.455. The second-order valence-electron chi connectivity index (χ2n) is 8.41. The normalized spacial score (nSPS) is 15.2. The van der Waals surface area contributed by atoms with Crippen molar-refractivity contribution in [2.75, 3.05) is 31.1 Å². The molecule has 0 aliphatic carbocycles. The summed E-state index contributed by atoms with van der Waals surface area (Å²) in [7, 11) is 0. The predicted molar refractivity (Wildman–Crippen MR) is 115 cm³/mol. The molecular weight excluding hydrogens is 427 g/mol. The Morgan fingerprint density at radius 1 is 1.06 bits per heavy atom. The molecule has 31 heavy (non-hydrogen) atoms. The summed E-state index contributed by atoms with van der Waals surface area (Å²) >= 11 is 1.33. The Morgan fingerprint density at radius 2 is 1.74 bits per heavy atom. The minimum atomic E-state index is -4.40. The summed E-state index contributed by atoms with van der Waals surface area (Å²) in [6, 6.07) is 8.44. The lowest BCUT2D eigenvalue weighted by atomic mass is 10.2. The maximum absolute atomic E-state index is 12.8. The standard InChI is InChI=1S/C22H26F3N3O2S/c1-15-5-7-17(27-9-11-28(12-10-27)20(29)30-21(2,3)4)18(13-15)31-19-8-6-16(14-26-19)22(23,24)25/h5-8,13-14H,9-12H2,1-4H3. The molecule has 0 unspecified atom stereocenters. The van der Waals surface area contributed by atoms with Crippen LogP contribution in [0.1, 0.15) is 31.9 Å². The first kappa shape index (κ1) is 23.2. The predicted octanol–water partition coefficient (Wildman–Crippen LogP) is 5.62. The Labute approximate surface area is 184 Å². The molecular formula is C22H26F3N3O2S. The van der Waals surface area contributed by atoms with Crippen molar-refractivity contribution in [1.82, 2.24) is 9.88 Å². The van der Waals surface area contributed by atoms with E-state index in [0.717, 1.165) is 28.4 Å². The third-order valence-electron chi connectivity index (χ3n) is 4.67. The van der Waals surface area contributed by atoms with Crippen LogP contribution in [0.3, 0.4) is 0 Å². The van der Waals surface area contributed by atoms with Gasteiger partial charge in [0.05, 0.1) is 11.3 Å². The number of pyridine rings is 1. The van der Waals surface area contributed by atoms with Gasteiger partial charge in [0.15, 0.2) is 0 Å². The first-order valence-electron chi connectivity index (χ1n) is 9.97. The second kappa shape index (κ2) is 8.98. The van der Waals surface area contributed by atoms with Crippen molar-refractivity contribution in [3.63, 3.8) is 0 Å². The number of benzene rings is 1. The molecule has 1 aromatic carbocycles. The largest absolute Gasteiger partial charge is 0.444 e. The summed E-state index contributed by atoms with van der Waals surface area (Å²) < 4.78 is 43.8. The number of hydrogen-bond donors (Lipinski definition) is 0. The van der Waals surface area contributed by atoms with Crippen molar-refractivity contribution in [3.8, 4) is 0 Å². The van der Waals surface area contributed by atoms with E-state index < -0.39 is 17.3 Å². The molecule has 2 heterocycles. The lowest BCUT2D eigenvalue weighted by molar-refractivity contribution is -0.137. The molecule has 9 heteroatoms. The van der Waals surface area contributed by atoms with Gasteiger partial charge in [0.1, 0.15) is 10.6 Å². The van der Waals surface area contributed by atoms with Crippen LogP contribution in [0.5, 0.6) is 0 Å². The molecule has 0 saturated carbocycles. The summed E-state index contributed by atoms with van der Waals surface area (Å²) in [4.78, 5) is 21.1. The van der Waals surface area contributed by atoms with Gasteiger partial charge in [-0.05, 0) is 57.5 Å². The number of piperazine rings is 1. The van der Waals surface area contributed by atoms with Gasteiger partial charge in [-0.1, -0.05) is 17.8 Å². The number of alkyl halides is 3. The molecule has 1 amide bonds. The second-order valence-corrected chi connectivity index (χ2v) is 9.47.